The van der Waals surface area contributed by atoms with E-state index in [-0.39, 0.29) is 6.54 Å². The Balaban J connectivity index is 2.50. The Morgan fingerprint density at radius 1 is 1.08 bits per heavy atom. The summed E-state index contributed by atoms with van der Waals surface area (Å²) in [6, 6.07) is 8.58. The van der Waals surface area contributed by atoms with Crippen LogP contribution in [0.5, 0.6) is 0 Å². The molecule has 0 spiro atoms. The van der Waals surface area contributed by atoms with Crippen LogP contribution in [0.3, 0.4) is 0 Å². The van der Waals surface area contributed by atoms with Crippen molar-refractivity contribution in [3.05, 3.63) is 63.7 Å². The fourth-order valence-corrected chi connectivity index (χ4v) is 4.06. The van der Waals surface area contributed by atoms with Crippen LogP contribution in [0.2, 0.25) is 5.02 Å². The van der Waals surface area contributed by atoms with Crippen molar-refractivity contribution in [1.29, 1.82) is 0 Å². The van der Waals surface area contributed by atoms with Crippen LogP contribution in [-0.4, -0.2) is 52.7 Å². The number of aliphatic hydroxyl groups excluding tert-OH is 1. The summed E-state index contributed by atoms with van der Waals surface area (Å²) in [5.41, 5.74) is 2.78. The predicted molar refractivity (Wildman–Crippen MR) is 141 cm³/mol. The van der Waals surface area contributed by atoms with Crippen molar-refractivity contribution in [3.63, 3.8) is 0 Å². The zero-order valence-electron chi connectivity index (χ0n) is 21.9. The van der Waals surface area contributed by atoms with Crippen molar-refractivity contribution in [2.24, 2.45) is 0 Å². The molecule has 0 aliphatic rings. The third-order valence-corrected chi connectivity index (χ3v) is 5.87. The molecule has 196 valence electrons. The molecule has 2 atom stereocenters. The summed E-state index contributed by atoms with van der Waals surface area (Å²) in [5, 5.41) is 15.6. The molecule has 0 radical (unpaired) electrons. The van der Waals surface area contributed by atoms with Gasteiger partial charge in [-0.2, -0.15) is 0 Å². The van der Waals surface area contributed by atoms with Crippen LogP contribution in [-0.2, 0) is 14.3 Å². The van der Waals surface area contributed by atoms with Crippen molar-refractivity contribution in [2.75, 3.05) is 18.5 Å². The van der Waals surface area contributed by atoms with Crippen LogP contribution < -0.4 is 10.6 Å². The highest BCUT2D eigenvalue weighted by Crippen LogP contribution is 2.31. The zero-order chi connectivity index (χ0) is 27.2. The first-order valence-corrected chi connectivity index (χ1v) is 12.2. The molecule has 36 heavy (non-hydrogen) atoms. The molecule has 0 aliphatic carbocycles. The number of halogens is 1. The van der Waals surface area contributed by atoms with Gasteiger partial charge >= 0.3 is 6.09 Å². The minimum absolute atomic E-state index is 0.137. The largest absolute Gasteiger partial charge is 0.444 e. The number of rotatable bonds is 8. The van der Waals surface area contributed by atoms with E-state index in [0.29, 0.717) is 16.3 Å². The van der Waals surface area contributed by atoms with Crippen molar-refractivity contribution >= 4 is 35.2 Å². The molecule has 3 N–H and O–H groups in total. The van der Waals surface area contributed by atoms with E-state index < -0.39 is 42.2 Å². The monoisotopic (exact) mass is 517 g/mol. The number of nitrogens with one attached hydrogen (secondary N) is 2. The van der Waals surface area contributed by atoms with Gasteiger partial charge in [-0.25, -0.2) is 4.79 Å². The first kappa shape index (κ1) is 29.1. The minimum Gasteiger partial charge on any atom is -0.444 e. The van der Waals surface area contributed by atoms with Crippen LogP contribution >= 0.6 is 11.6 Å². The van der Waals surface area contributed by atoms with E-state index >= 15 is 0 Å². The normalized spacial score (nSPS) is 12.9. The van der Waals surface area contributed by atoms with Gasteiger partial charge in [-0.1, -0.05) is 47.5 Å². The fourth-order valence-electron chi connectivity index (χ4n) is 3.79. The number of likely N-dealkylation sites (N-methyl/N-ethyl adjacent to an activating group) is 1. The number of hydrogen-bond donors (Lipinski definition) is 3. The second-order valence-electron chi connectivity index (χ2n) is 9.69. The summed E-state index contributed by atoms with van der Waals surface area (Å²) in [6.07, 6.45) is -0.842. The summed E-state index contributed by atoms with van der Waals surface area (Å²) < 4.78 is 5.24. The van der Waals surface area contributed by atoms with Crippen LogP contribution in [0.1, 0.15) is 56.0 Å². The molecule has 0 bridgehead atoms. The summed E-state index contributed by atoms with van der Waals surface area (Å²) in [6.45, 7) is 11.9. The lowest BCUT2D eigenvalue weighted by molar-refractivity contribution is -0.141. The molecule has 0 heterocycles. The number of ether oxygens (including phenoxy) is 1. The molecule has 0 saturated heterocycles. The highest BCUT2D eigenvalue weighted by atomic mass is 35.5. The van der Waals surface area contributed by atoms with E-state index in [4.69, 9.17) is 16.3 Å². The van der Waals surface area contributed by atoms with Gasteiger partial charge in [-0.3, -0.25) is 9.59 Å². The second-order valence-corrected chi connectivity index (χ2v) is 10.1. The van der Waals surface area contributed by atoms with Crippen LogP contribution in [0, 0.1) is 20.8 Å². The second kappa shape index (κ2) is 12.2. The zero-order valence-corrected chi connectivity index (χ0v) is 22.7. The van der Waals surface area contributed by atoms with E-state index in [1.807, 2.05) is 45.0 Å². The third kappa shape index (κ3) is 7.45. The molecule has 2 rings (SSSR count). The summed E-state index contributed by atoms with van der Waals surface area (Å²) in [4.78, 5) is 41.0. The van der Waals surface area contributed by atoms with Crippen LogP contribution in [0.4, 0.5) is 10.5 Å². The number of aryl methyl sites for hydroxylation is 3. The van der Waals surface area contributed by atoms with Crippen LogP contribution in [0.25, 0.3) is 0 Å². The number of hydrogen-bond acceptors (Lipinski definition) is 5. The lowest BCUT2D eigenvalue weighted by Crippen LogP contribution is -2.53. The van der Waals surface area contributed by atoms with E-state index in [1.165, 1.54) is 4.90 Å². The van der Waals surface area contributed by atoms with Gasteiger partial charge < -0.3 is 25.4 Å². The van der Waals surface area contributed by atoms with Gasteiger partial charge in [0.05, 0.1) is 17.3 Å². The number of carbonyl (C=O) groups excluding carboxylic acids is 3. The number of nitrogens with zero attached hydrogens (tertiary/aromatic N) is 1. The smallest absolute Gasteiger partial charge is 0.408 e. The highest BCUT2D eigenvalue weighted by molar-refractivity contribution is 6.34. The third-order valence-electron chi connectivity index (χ3n) is 5.55. The van der Waals surface area contributed by atoms with E-state index in [1.54, 1.807) is 39.8 Å². The number of benzene rings is 2. The van der Waals surface area contributed by atoms with Crippen LogP contribution in [0.15, 0.2) is 36.4 Å². The number of aliphatic hydroxyl groups is 1. The van der Waals surface area contributed by atoms with Gasteiger partial charge in [-0.15, -0.1) is 0 Å². The first-order valence-electron chi connectivity index (χ1n) is 11.8. The fraction of sp³-hybridized carbons (Fsp3) is 0.444. The standard InChI is InChI=1S/C27H36ClN3O5/c1-8-31(25(34)21(15-32)29-26(35)36-27(5,6)7)23(19-14-16(2)12-13-17(19)3)24(33)30-22-18(4)10-9-11-20(22)28/h9-14,21,23,32H,8,15H2,1-7H3,(H,29,35)(H,30,33). The highest BCUT2D eigenvalue weighted by Gasteiger charge is 2.36. The SMILES string of the molecule is CCN(C(=O)C(CO)NC(=O)OC(C)(C)C)C(C(=O)Nc1c(C)cccc1Cl)c1cc(C)ccc1C. The van der Waals surface area contributed by atoms with Gasteiger partial charge in [0.2, 0.25) is 5.91 Å². The van der Waals surface area contributed by atoms with Gasteiger partial charge in [0.15, 0.2) is 0 Å². The summed E-state index contributed by atoms with van der Waals surface area (Å²) >= 11 is 6.35. The van der Waals surface area contributed by atoms with E-state index in [0.717, 1.165) is 16.7 Å². The average molecular weight is 518 g/mol. The number of alkyl carbamates (subject to hydrolysis) is 1. The number of carbonyl (C=O) groups is 3. The van der Waals surface area contributed by atoms with Gasteiger partial charge in [0.1, 0.15) is 17.7 Å². The molecule has 3 amide bonds. The minimum atomic E-state index is -1.30. The Morgan fingerprint density at radius 2 is 1.75 bits per heavy atom. The lowest BCUT2D eigenvalue weighted by atomic mass is 9.96. The van der Waals surface area contributed by atoms with Crippen molar-refractivity contribution in [1.82, 2.24) is 10.2 Å². The molecule has 9 heteroatoms. The Labute approximate surface area is 218 Å². The number of anilines is 1. The Kier molecular flexibility index (Phi) is 9.90. The first-order chi connectivity index (χ1) is 16.8. The van der Waals surface area contributed by atoms with E-state index in [9.17, 15) is 19.5 Å². The summed E-state index contributed by atoms with van der Waals surface area (Å²) in [7, 11) is 0. The van der Waals surface area contributed by atoms with Gasteiger partial charge in [-0.05, 0) is 71.2 Å². The van der Waals surface area contributed by atoms with Gasteiger partial charge in [0, 0.05) is 6.54 Å². The lowest BCUT2D eigenvalue weighted by Gasteiger charge is -2.34. The molecule has 2 aromatic rings. The van der Waals surface area contributed by atoms with Crippen molar-refractivity contribution in [3.8, 4) is 0 Å². The predicted octanol–water partition coefficient (Wildman–Crippen LogP) is 4.68. The Hall–Kier alpha value is -3.10. The van der Waals surface area contributed by atoms with Crippen molar-refractivity contribution in [2.45, 2.75) is 66.2 Å². The molecular formula is C27H36ClN3O5. The molecule has 0 saturated carbocycles. The number of para-hydroxylation sites is 1. The Morgan fingerprint density at radius 3 is 2.31 bits per heavy atom. The molecule has 0 fully saturated rings. The van der Waals surface area contributed by atoms with E-state index in [2.05, 4.69) is 10.6 Å². The molecule has 0 aromatic heterocycles. The molecule has 2 unspecified atom stereocenters. The Bertz CT molecular complexity index is 1090. The molecule has 0 aliphatic heterocycles. The molecule has 8 nitrogen and oxygen atoms in total. The molecule has 2 aromatic carbocycles. The molecular weight excluding hydrogens is 482 g/mol. The topological polar surface area (TPSA) is 108 Å². The maximum absolute atomic E-state index is 13.8. The summed E-state index contributed by atoms with van der Waals surface area (Å²) in [5.74, 6) is -1.09. The quantitative estimate of drug-likeness (QED) is 0.471. The van der Waals surface area contributed by atoms with Crippen molar-refractivity contribution < 1.29 is 24.2 Å². The number of amides is 3. The average Bonchev–Trinajstić information content (AvgIpc) is 2.78. The maximum Gasteiger partial charge on any atom is 0.408 e. The maximum atomic E-state index is 13.8. The van der Waals surface area contributed by atoms with Gasteiger partial charge in [0.25, 0.3) is 5.91 Å².